The summed E-state index contributed by atoms with van der Waals surface area (Å²) in [6.45, 7) is 1.65. The fraction of sp³-hybridized carbons (Fsp3) is 0.158. The van der Waals surface area contributed by atoms with Gasteiger partial charge in [-0.15, -0.1) is 0 Å². The molecule has 0 radical (unpaired) electrons. The lowest BCUT2D eigenvalue weighted by atomic mass is 10.2. The third-order valence-corrected chi connectivity index (χ3v) is 4.32. The molecule has 1 heterocycles. The monoisotopic (exact) mass is 412 g/mol. The van der Waals surface area contributed by atoms with E-state index >= 15 is 0 Å². The number of amides is 1. The SMILES string of the molecule is CCOC(=O)C1=C(Nc2ccc([N+](=O)[O-])cc2)C(=O)N(c2ccc([N+](=O)[O-])cc2)C1. The topological polar surface area (TPSA) is 145 Å². The Bertz CT molecular complexity index is 1050. The van der Waals surface area contributed by atoms with Crippen LogP contribution in [0.25, 0.3) is 0 Å². The van der Waals surface area contributed by atoms with E-state index in [0.29, 0.717) is 11.4 Å². The van der Waals surface area contributed by atoms with Gasteiger partial charge in [0.25, 0.3) is 17.3 Å². The van der Waals surface area contributed by atoms with Gasteiger partial charge in [-0.05, 0) is 31.2 Å². The van der Waals surface area contributed by atoms with Gasteiger partial charge in [0.2, 0.25) is 0 Å². The van der Waals surface area contributed by atoms with E-state index in [0.717, 1.165) is 0 Å². The van der Waals surface area contributed by atoms with Crippen molar-refractivity contribution in [2.45, 2.75) is 6.92 Å². The number of nitro benzene ring substituents is 2. The van der Waals surface area contributed by atoms with E-state index in [1.807, 2.05) is 0 Å². The highest BCUT2D eigenvalue weighted by atomic mass is 16.6. The minimum Gasteiger partial charge on any atom is -0.463 e. The fourth-order valence-electron chi connectivity index (χ4n) is 2.86. The van der Waals surface area contributed by atoms with Crippen LogP contribution in [0.2, 0.25) is 0 Å². The van der Waals surface area contributed by atoms with Crippen molar-refractivity contribution in [2.24, 2.45) is 0 Å². The molecule has 0 aromatic heterocycles. The van der Waals surface area contributed by atoms with Crippen LogP contribution in [-0.2, 0) is 14.3 Å². The second-order valence-corrected chi connectivity index (χ2v) is 6.17. The van der Waals surface area contributed by atoms with Crippen LogP contribution in [0.3, 0.4) is 0 Å². The van der Waals surface area contributed by atoms with E-state index in [2.05, 4.69) is 5.32 Å². The molecular weight excluding hydrogens is 396 g/mol. The predicted octanol–water partition coefficient (Wildman–Crippen LogP) is 2.78. The Morgan fingerprint density at radius 2 is 1.57 bits per heavy atom. The van der Waals surface area contributed by atoms with Gasteiger partial charge in [0.1, 0.15) is 5.70 Å². The van der Waals surface area contributed by atoms with Gasteiger partial charge in [-0.2, -0.15) is 0 Å². The van der Waals surface area contributed by atoms with Crippen molar-refractivity contribution in [2.75, 3.05) is 23.4 Å². The minimum atomic E-state index is -0.681. The molecule has 0 bridgehead atoms. The van der Waals surface area contributed by atoms with E-state index in [4.69, 9.17) is 4.74 Å². The lowest BCUT2D eigenvalue weighted by Crippen LogP contribution is -2.28. The van der Waals surface area contributed by atoms with E-state index in [9.17, 15) is 29.8 Å². The number of nitro groups is 2. The van der Waals surface area contributed by atoms with Gasteiger partial charge in [-0.1, -0.05) is 0 Å². The minimum absolute atomic E-state index is 0.0272. The number of carbonyl (C=O) groups is 2. The molecule has 3 rings (SSSR count). The van der Waals surface area contributed by atoms with Crippen molar-refractivity contribution in [1.82, 2.24) is 0 Å². The zero-order valence-corrected chi connectivity index (χ0v) is 15.7. The summed E-state index contributed by atoms with van der Waals surface area (Å²) in [6, 6.07) is 10.7. The first-order valence-corrected chi connectivity index (χ1v) is 8.80. The number of ether oxygens (including phenoxy) is 1. The summed E-state index contributed by atoms with van der Waals surface area (Å²) in [6.07, 6.45) is 0. The summed E-state index contributed by atoms with van der Waals surface area (Å²) in [7, 11) is 0. The fourth-order valence-corrected chi connectivity index (χ4v) is 2.86. The summed E-state index contributed by atoms with van der Waals surface area (Å²) in [5.41, 5.74) is 0.544. The molecule has 0 aliphatic carbocycles. The van der Waals surface area contributed by atoms with Crippen LogP contribution >= 0.6 is 0 Å². The smallest absolute Gasteiger partial charge is 0.338 e. The largest absolute Gasteiger partial charge is 0.463 e. The number of nitrogens with one attached hydrogen (secondary N) is 1. The number of carbonyl (C=O) groups excluding carboxylic acids is 2. The van der Waals surface area contributed by atoms with Gasteiger partial charge in [-0.3, -0.25) is 25.0 Å². The van der Waals surface area contributed by atoms with Crippen LogP contribution in [0.4, 0.5) is 22.7 Å². The number of nitrogens with zero attached hydrogens (tertiary/aromatic N) is 3. The molecule has 0 saturated carbocycles. The molecule has 1 aliphatic rings. The molecule has 30 heavy (non-hydrogen) atoms. The highest BCUT2D eigenvalue weighted by Crippen LogP contribution is 2.29. The number of non-ortho nitro benzene ring substituents is 2. The molecule has 1 amide bonds. The summed E-state index contributed by atoms with van der Waals surface area (Å²) in [5.74, 6) is -1.22. The molecule has 0 unspecified atom stereocenters. The second-order valence-electron chi connectivity index (χ2n) is 6.17. The van der Waals surface area contributed by atoms with Gasteiger partial charge in [0.05, 0.1) is 28.6 Å². The van der Waals surface area contributed by atoms with Gasteiger partial charge in [0, 0.05) is 35.6 Å². The quantitative estimate of drug-likeness (QED) is 0.415. The third-order valence-electron chi connectivity index (χ3n) is 4.32. The van der Waals surface area contributed by atoms with Crippen LogP contribution in [0.5, 0.6) is 0 Å². The van der Waals surface area contributed by atoms with Crippen molar-refractivity contribution in [3.63, 3.8) is 0 Å². The maximum absolute atomic E-state index is 13.0. The zero-order valence-electron chi connectivity index (χ0n) is 15.7. The zero-order chi connectivity index (χ0) is 21.8. The number of hydrogen-bond acceptors (Lipinski definition) is 8. The van der Waals surface area contributed by atoms with Crippen LogP contribution in [0, 0.1) is 20.2 Å². The standard InChI is InChI=1S/C19H16N4O7/c1-2-30-19(25)16-11-21(13-7-9-15(10-8-13)23(28)29)18(24)17(16)20-12-3-5-14(6-4-12)22(26)27/h3-10,20H,2,11H2,1H3. The molecule has 0 spiro atoms. The van der Waals surface area contributed by atoms with Crippen molar-refractivity contribution >= 4 is 34.6 Å². The summed E-state index contributed by atoms with van der Waals surface area (Å²) in [5, 5.41) is 24.5. The maximum atomic E-state index is 13.0. The van der Waals surface area contributed by atoms with Crippen molar-refractivity contribution in [3.05, 3.63) is 80.0 Å². The Balaban J connectivity index is 1.91. The molecule has 154 valence electrons. The summed E-state index contributed by atoms with van der Waals surface area (Å²) < 4.78 is 5.03. The highest BCUT2D eigenvalue weighted by Gasteiger charge is 2.36. The molecule has 0 fully saturated rings. The number of anilines is 2. The normalized spacial score (nSPS) is 13.4. The van der Waals surface area contributed by atoms with Crippen molar-refractivity contribution in [1.29, 1.82) is 0 Å². The molecule has 11 nitrogen and oxygen atoms in total. The second kappa shape index (κ2) is 8.39. The van der Waals surface area contributed by atoms with Crippen LogP contribution in [-0.4, -0.2) is 34.9 Å². The Kier molecular flexibility index (Phi) is 5.72. The lowest BCUT2D eigenvalue weighted by molar-refractivity contribution is -0.385. The molecule has 2 aromatic carbocycles. The molecule has 0 saturated heterocycles. The number of hydrogen-bond donors (Lipinski definition) is 1. The average Bonchev–Trinajstić information content (AvgIpc) is 3.05. The van der Waals surface area contributed by atoms with Crippen LogP contribution in [0.15, 0.2) is 59.8 Å². The maximum Gasteiger partial charge on any atom is 0.338 e. The Labute approximate surface area is 169 Å². The summed E-state index contributed by atoms with van der Waals surface area (Å²) in [4.78, 5) is 47.2. The Morgan fingerprint density at radius 3 is 2.07 bits per heavy atom. The first-order chi connectivity index (χ1) is 14.3. The van der Waals surface area contributed by atoms with Gasteiger partial charge in [0.15, 0.2) is 0 Å². The number of benzene rings is 2. The van der Waals surface area contributed by atoms with Gasteiger partial charge < -0.3 is 15.0 Å². The summed E-state index contributed by atoms with van der Waals surface area (Å²) >= 11 is 0. The van der Waals surface area contributed by atoms with E-state index in [1.165, 1.54) is 53.4 Å². The third kappa shape index (κ3) is 4.09. The highest BCUT2D eigenvalue weighted by molar-refractivity contribution is 6.16. The lowest BCUT2D eigenvalue weighted by Gasteiger charge is -2.17. The van der Waals surface area contributed by atoms with E-state index in [-0.39, 0.29) is 35.8 Å². The van der Waals surface area contributed by atoms with Gasteiger partial charge >= 0.3 is 5.97 Å². The molecular formula is C19H16N4O7. The van der Waals surface area contributed by atoms with Gasteiger partial charge in [-0.25, -0.2) is 4.79 Å². The molecule has 0 atom stereocenters. The van der Waals surface area contributed by atoms with E-state index in [1.54, 1.807) is 6.92 Å². The first kappa shape index (κ1) is 20.5. The van der Waals surface area contributed by atoms with Crippen LogP contribution < -0.4 is 10.2 Å². The number of esters is 1. The first-order valence-electron chi connectivity index (χ1n) is 8.80. The van der Waals surface area contributed by atoms with Crippen molar-refractivity contribution in [3.8, 4) is 0 Å². The average molecular weight is 412 g/mol. The molecule has 1 aliphatic heterocycles. The Morgan fingerprint density at radius 1 is 1.03 bits per heavy atom. The molecule has 11 heteroatoms. The molecule has 1 N–H and O–H groups in total. The predicted molar refractivity (Wildman–Crippen MR) is 106 cm³/mol. The van der Waals surface area contributed by atoms with Crippen LogP contribution in [0.1, 0.15) is 6.92 Å². The Hall–Kier alpha value is -4.28. The van der Waals surface area contributed by atoms with E-state index < -0.39 is 21.7 Å². The molecule has 2 aromatic rings. The van der Waals surface area contributed by atoms with Crippen molar-refractivity contribution < 1.29 is 24.2 Å². The number of rotatable bonds is 7.